The van der Waals surface area contributed by atoms with Gasteiger partial charge in [0, 0.05) is 29.0 Å². The summed E-state index contributed by atoms with van der Waals surface area (Å²) in [6, 6.07) is 16.1. The van der Waals surface area contributed by atoms with Gasteiger partial charge in [-0.2, -0.15) is 0 Å². The SMILES string of the molecule is O=C(Cc1ccccc1Br)C1CCNc2ccccc21. The van der Waals surface area contributed by atoms with Crippen molar-refractivity contribution in [2.75, 3.05) is 11.9 Å². The molecule has 3 rings (SSSR count). The van der Waals surface area contributed by atoms with E-state index in [1.165, 1.54) is 0 Å². The Morgan fingerprint density at radius 1 is 1.15 bits per heavy atom. The minimum atomic E-state index is 0.0135. The molecule has 1 heterocycles. The number of halogens is 1. The first-order valence-corrected chi connectivity index (χ1v) is 7.64. The van der Waals surface area contributed by atoms with Gasteiger partial charge in [-0.15, -0.1) is 0 Å². The average Bonchev–Trinajstić information content (AvgIpc) is 2.49. The van der Waals surface area contributed by atoms with Crippen molar-refractivity contribution in [2.45, 2.75) is 18.8 Å². The third-order valence-corrected chi connectivity index (χ3v) is 4.57. The second-order valence-electron chi connectivity index (χ2n) is 5.09. The van der Waals surface area contributed by atoms with Crippen LogP contribution in [-0.2, 0) is 11.2 Å². The van der Waals surface area contributed by atoms with Gasteiger partial charge in [-0.3, -0.25) is 4.79 Å². The number of para-hydroxylation sites is 1. The monoisotopic (exact) mass is 329 g/mol. The largest absolute Gasteiger partial charge is 0.385 e. The van der Waals surface area contributed by atoms with Gasteiger partial charge < -0.3 is 5.32 Å². The number of carbonyl (C=O) groups excluding carboxylic acids is 1. The highest BCUT2D eigenvalue weighted by atomic mass is 79.9. The van der Waals surface area contributed by atoms with Crippen LogP contribution in [-0.4, -0.2) is 12.3 Å². The van der Waals surface area contributed by atoms with E-state index in [0.29, 0.717) is 12.2 Å². The Morgan fingerprint density at radius 2 is 1.90 bits per heavy atom. The van der Waals surface area contributed by atoms with E-state index in [0.717, 1.165) is 34.3 Å². The Kier molecular flexibility index (Phi) is 3.88. The second kappa shape index (κ2) is 5.80. The number of ketones is 1. The standard InChI is InChI=1S/C17H16BrNO/c18-15-7-3-1-5-12(15)11-17(20)14-9-10-19-16-8-4-2-6-13(14)16/h1-8,14,19H,9-11H2. The number of Topliss-reactive ketones (excluding diaryl/α,β-unsaturated/α-hetero) is 1. The lowest BCUT2D eigenvalue weighted by atomic mass is 9.85. The molecule has 3 heteroatoms. The molecule has 2 aromatic carbocycles. The Labute approximate surface area is 127 Å². The van der Waals surface area contributed by atoms with E-state index < -0.39 is 0 Å². The molecule has 2 aromatic rings. The maximum atomic E-state index is 12.6. The van der Waals surface area contributed by atoms with E-state index in [4.69, 9.17) is 0 Å². The molecule has 1 aliphatic heterocycles. The van der Waals surface area contributed by atoms with Gasteiger partial charge in [0.15, 0.2) is 0 Å². The third kappa shape index (κ3) is 2.63. The maximum Gasteiger partial charge on any atom is 0.144 e. The van der Waals surface area contributed by atoms with Crippen LogP contribution in [0.2, 0.25) is 0 Å². The van der Waals surface area contributed by atoms with Gasteiger partial charge in [0.2, 0.25) is 0 Å². The van der Waals surface area contributed by atoms with E-state index in [9.17, 15) is 4.79 Å². The number of carbonyl (C=O) groups is 1. The number of benzene rings is 2. The molecular formula is C17H16BrNO. The summed E-state index contributed by atoms with van der Waals surface area (Å²) < 4.78 is 1.01. The molecule has 1 unspecified atom stereocenters. The lowest BCUT2D eigenvalue weighted by Crippen LogP contribution is -2.24. The molecule has 0 saturated carbocycles. The summed E-state index contributed by atoms with van der Waals surface area (Å²) >= 11 is 3.52. The molecule has 0 fully saturated rings. The average molecular weight is 330 g/mol. The summed E-state index contributed by atoms with van der Waals surface area (Å²) in [6.45, 7) is 0.864. The first kappa shape index (κ1) is 13.4. The predicted octanol–water partition coefficient (Wildman–Crippen LogP) is 4.16. The molecule has 102 valence electrons. The minimum absolute atomic E-state index is 0.0135. The zero-order valence-electron chi connectivity index (χ0n) is 11.1. The third-order valence-electron chi connectivity index (χ3n) is 3.80. The smallest absolute Gasteiger partial charge is 0.144 e. The van der Waals surface area contributed by atoms with Gasteiger partial charge in [-0.05, 0) is 29.7 Å². The van der Waals surface area contributed by atoms with E-state index in [2.05, 4.69) is 27.3 Å². The van der Waals surface area contributed by atoms with E-state index >= 15 is 0 Å². The van der Waals surface area contributed by atoms with Crippen LogP contribution in [0.1, 0.15) is 23.5 Å². The number of hydrogen-bond acceptors (Lipinski definition) is 2. The van der Waals surface area contributed by atoms with Crippen LogP contribution in [0.4, 0.5) is 5.69 Å². The molecular weight excluding hydrogens is 314 g/mol. The highest BCUT2D eigenvalue weighted by Crippen LogP contribution is 2.33. The summed E-state index contributed by atoms with van der Waals surface area (Å²) in [7, 11) is 0. The number of hydrogen-bond donors (Lipinski definition) is 1. The van der Waals surface area contributed by atoms with Crippen molar-refractivity contribution in [3.8, 4) is 0 Å². The molecule has 0 bridgehead atoms. The van der Waals surface area contributed by atoms with E-state index in [1.807, 2.05) is 42.5 Å². The fourth-order valence-electron chi connectivity index (χ4n) is 2.76. The summed E-state index contributed by atoms with van der Waals surface area (Å²) in [5.41, 5.74) is 3.30. The van der Waals surface area contributed by atoms with Crippen LogP contribution < -0.4 is 5.32 Å². The summed E-state index contributed by atoms with van der Waals surface area (Å²) in [6.07, 6.45) is 1.36. The molecule has 1 atom stereocenters. The van der Waals surface area contributed by atoms with Gasteiger partial charge in [-0.25, -0.2) is 0 Å². The highest BCUT2D eigenvalue weighted by molar-refractivity contribution is 9.10. The van der Waals surface area contributed by atoms with Gasteiger partial charge in [-0.1, -0.05) is 52.3 Å². The van der Waals surface area contributed by atoms with E-state index in [-0.39, 0.29) is 5.92 Å². The fourth-order valence-corrected chi connectivity index (χ4v) is 3.18. The van der Waals surface area contributed by atoms with Crippen molar-refractivity contribution in [3.05, 3.63) is 64.1 Å². The van der Waals surface area contributed by atoms with Gasteiger partial charge in [0.1, 0.15) is 5.78 Å². The lowest BCUT2D eigenvalue weighted by Gasteiger charge is -2.25. The Bertz CT molecular complexity index is 638. The number of anilines is 1. The quantitative estimate of drug-likeness (QED) is 0.916. The zero-order valence-corrected chi connectivity index (χ0v) is 12.7. The molecule has 0 aliphatic carbocycles. The normalized spacial score (nSPS) is 17.1. The predicted molar refractivity (Wildman–Crippen MR) is 85.1 cm³/mol. The van der Waals surface area contributed by atoms with E-state index in [1.54, 1.807) is 0 Å². The second-order valence-corrected chi connectivity index (χ2v) is 5.94. The van der Waals surface area contributed by atoms with Crippen molar-refractivity contribution in [3.63, 3.8) is 0 Å². The minimum Gasteiger partial charge on any atom is -0.385 e. The molecule has 0 aromatic heterocycles. The molecule has 0 amide bonds. The van der Waals surface area contributed by atoms with Crippen LogP contribution in [0.25, 0.3) is 0 Å². The summed E-state index contributed by atoms with van der Waals surface area (Å²) in [5.74, 6) is 0.311. The first-order chi connectivity index (χ1) is 9.75. The lowest BCUT2D eigenvalue weighted by molar-refractivity contribution is -0.120. The van der Waals surface area contributed by atoms with Gasteiger partial charge >= 0.3 is 0 Å². The molecule has 0 radical (unpaired) electrons. The Morgan fingerprint density at radius 3 is 2.75 bits per heavy atom. The Hall–Kier alpha value is -1.61. The molecule has 1 aliphatic rings. The fraction of sp³-hybridized carbons (Fsp3) is 0.235. The van der Waals surface area contributed by atoms with Crippen LogP contribution in [0.3, 0.4) is 0 Å². The highest BCUT2D eigenvalue weighted by Gasteiger charge is 2.26. The topological polar surface area (TPSA) is 29.1 Å². The summed E-state index contributed by atoms with van der Waals surface area (Å²) in [5, 5.41) is 3.36. The summed E-state index contributed by atoms with van der Waals surface area (Å²) in [4.78, 5) is 12.6. The zero-order chi connectivity index (χ0) is 13.9. The number of rotatable bonds is 3. The van der Waals surface area contributed by atoms with Crippen molar-refractivity contribution in [1.82, 2.24) is 0 Å². The molecule has 0 saturated heterocycles. The van der Waals surface area contributed by atoms with Crippen molar-refractivity contribution >= 4 is 27.4 Å². The van der Waals surface area contributed by atoms with Crippen molar-refractivity contribution in [2.24, 2.45) is 0 Å². The van der Waals surface area contributed by atoms with Gasteiger partial charge in [0.25, 0.3) is 0 Å². The van der Waals surface area contributed by atoms with Crippen LogP contribution in [0.5, 0.6) is 0 Å². The molecule has 0 spiro atoms. The van der Waals surface area contributed by atoms with Gasteiger partial charge in [0.05, 0.1) is 0 Å². The first-order valence-electron chi connectivity index (χ1n) is 6.84. The van der Waals surface area contributed by atoms with Crippen LogP contribution in [0, 0.1) is 0 Å². The van der Waals surface area contributed by atoms with Crippen molar-refractivity contribution in [1.29, 1.82) is 0 Å². The maximum absolute atomic E-state index is 12.6. The van der Waals surface area contributed by atoms with Crippen LogP contribution in [0.15, 0.2) is 53.0 Å². The number of nitrogens with one attached hydrogen (secondary N) is 1. The Balaban J connectivity index is 1.84. The molecule has 2 nitrogen and oxygen atoms in total. The van der Waals surface area contributed by atoms with Crippen molar-refractivity contribution < 1.29 is 4.79 Å². The van der Waals surface area contributed by atoms with Crippen LogP contribution >= 0.6 is 15.9 Å². The molecule has 1 N–H and O–H groups in total. The molecule has 20 heavy (non-hydrogen) atoms. The number of fused-ring (bicyclic) bond motifs is 1.